The summed E-state index contributed by atoms with van der Waals surface area (Å²) in [6, 6.07) is 9.45. The van der Waals surface area contributed by atoms with E-state index in [1.807, 2.05) is 45.0 Å². The van der Waals surface area contributed by atoms with E-state index in [1.165, 1.54) is 16.0 Å². The van der Waals surface area contributed by atoms with Gasteiger partial charge in [-0.05, 0) is 56.2 Å². The topological polar surface area (TPSA) is 177 Å². The molecule has 1 unspecified atom stereocenters. The standard InChI is InChI=1S/C25H31F2N9O3/c1-25(2,3)36-32-23(31-34-36)16-6-4-15(5-7-16)10-19(12-22(37)33-39)35(29)14-18(28)13-30-24(38)17-8-9-20(26)21(27)11-17/h4-9,11,14,19,39H,10,12-13,28-29H2,1-3H3,(H,30,38)(H,33,37)/b18-14-. The third-order valence-electron chi connectivity index (χ3n) is 5.61. The van der Waals surface area contributed by atoms with Gasteiger partial charge in [0.05, 0.1) is 24.5 Å². The van der Waals surface area contributed by atoms with Crippen molar-refractivity contribution in [2.75, 3.05) is 6.54 Å². The van der Waals surface area contributed by atoms with Crippen molar-refractivity contribution in [1.29, 1.82) is 0 Å². The minimum atomic E-state index is -1.15. The Balaban J connectivity index is 1.67. The molecule has 39 heavy (non-hydrogen) atoms. The van der Waals surface area contributed by atoms with Crippen LogP contribution in [0.1, 0.15) is 43.1 Å². The van der Waals surface area contributed by atoms with E-state index in [4.69, 9.17) is 16.8 Å². The molecule has 1 atom stereocenters. The maximum atomic E-state index is 13.4. The molecule has 14 heteroatoms. The zero-order valence-corrected chi connectivity index (χ0v) is 21.7. The second-order valence-electron chi connectivity index (χ2n) is 9.83. The van der Waals surface area contributed by atoms with Crippen LogP contribution in [0.15, 0.2) is 54.4 Å². The number of hydrazine groups is 1. The Labute approximate surface area is 223 Å². The van der Waals surface area contributed by atoms with Gasteiger partial charge in [0.1, 0.15) is 0 Å². The third kappa shape index (κ3) is 8.02. The number of hydroxylamine groups is 1. The minimum Gasteiger partial charge on any atom is -0.399 e. The molecule has 0 saturated heterocycles. The quantitative estimate of drug-likeness (QED) is 0.144. The molecule has 12 nitrogen and oxygen atoms in total. The van der Waals surface area contributed by atoms with E-state index in [0.29, 0.717) is 12.2 Å². The highest BCUT2D eigenvalue weighted by molar-refractivity contribution is 5.94. The van der Waals surface area contributed by atoms with Crippen molar-refractivity contribution in [1.82, 2.24) is 36.0 Å². The first-order valence-electron chi connectivity index (χ1n) is 11.9. The zero-order valence-electron chi connectivity index (χ0n) is 21.7. The molecule has 0 bridgehead atoms. The predicted molar refractivity (Wildman–Crippen MR) is 137 cm³/mol. The molecule has 0 aliphatic rings. The van der Waals surface area contributed by atoms with E-state index in [1.54, 1.807) is 5.48 Å². The number of halogens is 2. The first-order valence-corrected chi connectivity index (χ1v) is 11.9. The zero-order chi connectivity index (χ0) is 28.7. The summed E-state index contributed by atoms with van der Waals surface area (Å²) in [5, 5.41) is 25.3. The molecule has 3 aromatic rings. The average Bonchev–Trinajstić information content (AvgIpc) is 3.40. The van der Waals surface area contributed by atoms with Crippen molar-refractivity contribution in [3.63, 3.8) is 0 Å². The normalized spacial score (nSPS) is 12.6. The lowest BCUT2D eigenvalue weighted by Crippen LogP contribution is -2.42. The van der Waals surface area contributed by atoms with Crippen molar-refractivity contribution in [2.24, 2.45) is 11.6 Å². The van der Waals surface area contributed by atoms with E-state index < -0.39 is 29.5 Å². The number of carbonyl (C=O) groups excluding carboxylic acids is 2. The maximum Gasteiger partial charge on any atom is 0.251 e. The smallest absolute Gasteiger partial charge is 0.251 e. The van der Waals surface area contributed by atoms with Crippen LogP contribution < -0.4 is 22.4 Å². The number of hydrogen-bond acceptors (Lipinski definition) is 9. The summed E-state index contributed by atoms with van der Waals surface area (Å²) in [6.45, 7) is 5.74. The predicted octanol–water partition coefficient (Wildman–Crippen LogP) is 1.59. The van der Waals surface area contributed by atoms with Gasteiger partial charge < -0.3 is 16.1 Å². The molecule has 1 heterocycles. The summed E-state index contributed by atoms with van der Waals surface area (Å²) in [4.78, 5) is 25.7. The minimum absolute atomic E-state index is 0.0802. The van der Waals surface area contributed by atoms with Crippen molar-refractivity contribution in [2.45, 2.75) is 45.2 Å². The summed E-state index contributed by atoms with van der Waals surface area (Å²) in [6.07, 6.45) is 1.47. The Morgan fingerprint density at radius 1 is 1.15 bits per heavy atom. The third-order valence-corrected chi connectivity index (χ3v) is 5.61. The summed E-state index contributed by atoms with van der Waals surface area (Å²) in [5.41, 5.74) is 8.89. The van der Waals surface area contributed by atoms with Gasteiger partial charge in [0.15, 0.2) is 11.6 Å². The van der Waals surface area contributed by atoms with Gasteiger partial charge in [0.25, 0.3) is 5.91 Å². The highest BCUT2D eigenvalue weighted by Gasteiger charge is 2.20. The lowest BCUT2D eigenvalue weighted by molar-refractivity contribution is -0.130. The molecular weight excluding hydrogens is 512 g/mol. The van der Waals surface area contributed by atoms with Crippen LogP contribution in [0.5, 0.6) is 0 Å². The monoisotopic (exact) mass is 543 g/mol. The second kappa shape index (κ2) is 12.4. The van der Waals surface area contributed by atoms with Gasteiger partial charge in [-0.1, -0.05) is 24.3 Å². The summed E-state index contributed by atoms with van der Waals surface area (Å²) in [7, 11) is 0. The molecule has 0 spiro atoms. The highest BCUT2D eigenvalue weighted by atomic mass is 19.2. The van der Waals surface area contributed by atoms with Gasteiger partial charge in [-0.15, -0.1) is 10.2 Å². The van der Waals surface area contributed by atoms with E-state index in [0.717, 1.165) is 29.3 Å². The van der Waals surface area contributed by atoms with Gasteiger partial charge >= 0.3 is 0 Å². The molecule has 7 N–H and O–H groups in total. The number of tetrazole rings is 1. The molecular formula is C25H31F2N9O3. The van der Waals surface area contributed by atoms with Gasteiger partial charge in [0, 0.05) is 23.0 Å². The molecule has 208 valence electrons. The Kier molecular flexibility index (Phi) is 9.27. The van der Waals surface area contributed by atoms with Gasteiger partial charge in [-0.2, -0.15) is 4.80 Å². The number of benzene rings is 2. The van der Waals surface area contributed by atoms with Crippen LogP contribution in [0, 0.1) is 11.6 Å². The largest absolute Gasteiger partial charge is 0.399 e. The van der Waals surface area contributed by atoms with Crippen LogP contribution in [0.2, 0.25) is 0 Å². The van der Waals surface area contributed by atoms with Crippen LogP contribution in [-0.4, -0.2) is 54.8 Å². The summed E-state index contributed by atoms with van der Waals surface area (Å²) >= 11 is 0. The fourth-order valence-corrected chi connectivity index (χ4v) is 3.48. The Morgan fingerprint density at radius 3 is 2.44 bits per heavy atom. The van der Waals surface area contributed by atoms with E-state index >= 15 is 0 Å². The van der Waals surface area contributed by atoms with Crippen molar-refractivity contribution >= 4 is 11.8 Å². The summed E-state index contributed by atoms with van der Waals surface area (Å²) < 4.78 is 26.5. The first-order chi connectivity index (χ1) is 18.4. The number of amides is 2. The van der Waals surface area contributed by atoms with Crippen molar-refractivity contribution in [3.8, 4) is 11.4 Å². The summed E-state index contributed by atoms with van der Waals surface area (Å²) in [5.74, 6) is 3.10. The highest BCUT2D eigenvalue weighted by Crippen LogP contribution is 2.19. The number of hydrogen-bond donors (Lipinski definition) is 5. The number of nitrogens with one attached hydrogen (secondary N) is 2. The average molecular weight is 544 g/mol. The number of carbonyl (C=O) groups is 2. The van der Waals surface area contributed by atoms with E-state index in [-0.39, 0.29) is 29.8 Å². The molecule has 0 saturated carbocycles. The molecule has 0 fully saturated rings. The fourth-order valence-electron chi connectivity index (χ4n) is 3.48. The molecule has 2 aromatic carbocycles. The lowest BCUT2D eigenvalue weighted by Gasteiger charge is -2.26. The number of rotatable bonds is 10. The number of nitrogens with two attached hydrogens (primary N) is 2. The molecule has 1 aromatic heterocycles. The fraction of sp³-hybridized carbons (Fsp3) is 0.320. The first kappa shape index (κ1) is 29.1. The lowest BCUT2D eigenvalue weighted by atomic mass is 10.0. The number of aromatic nitrogens is 4. The molecule has 3 rings (SSSR count). The van der Waals surface area contributed by atoms with Crippen LogP contribution in [0.3, 0.4) is 0 Å². The van der Waals surface area contributed by atoms with E-state index in [2.05, 4.69) is 20.7 Å². The van der Waals surface area contributed by atoms with Crippen LogP contribution in [-0.2, 0) is 16.8 Å². The Hall–Kier alpha value is -4.43. The van der Waals surface area contributed by atoms with Gasteiger partial charge in [0.2, 0.25) is 11.7 Å². The molecule has 0 aliphatic heterocycles. The second-order valence-corrected chi connectivity index (χ2v) is 9.83. The van der Waals surface area contributed by atoms with Gasteiger partial charge in [-0.3, -0.25) is 14.8 Å². The molecule has 0 radical (unpaired) electrons. The van der Waals surface area contributed by atoms with Crippen LogP contribution >= 0.6 is 0 Å². The van der Waals surface area contributed by atoms with Crippen molar-refractivity contribution in [3.05, 3.63) is 77.1 Å². The van der Waals surface area contributed by atoms with Crippen LogP contribution in [0.25, 0.3) is 11.4 Å². The van der Waals surface area contributed by atoms with Crippen LogP contribution in [0.4, 0.5) is 8.78 Å². The number of nitrogens with zero attached hydrogens (tertiary/aromatic N) is 5. The van der Waals surface area contributed by atoms with E-state index in [9.17, 15) is 18.4 Å². The SMILES string of the molecule is CC(C)(C)n1nnc(-c2ccc(CC(CC(=O)NO)N(N)/C=C(\N)CNC(=O)c3ccc(F)c(F)c3)cc2)n1. The Morgan fingerprint density at radius 2 is 1.85 bits per heavy atom. The van der Waals surface area contributed by atoms with Crippen molar-refractivity contribution < 1.29 is 23.6 Å². The molecule has 0 aliphatic carbocycles. The molecule has 2 amide bonds. The maximum absolute atomic E-state index is 13.4. The Bertz CT molecular complexity index is 1340. The van der Waals surface area contributed by atoms with Gasteiger partial charge in [-0.25, -0.2) is 20.1 Å².